The molecule has 0 unspecified atom stereocenters. The summed E-state index contributed by atoms with van der Waals surface area (Å²) >= 11 is 6.18. The Balaban J connectivity index is 0.00000242. The molecule has 0 saturated heterocycles. The fourth-order valence-electron chi connectivity index (χ4n) is 2.40. The normalized spacial score (nSPS) is 10.4. The van der Waals surface area contributed by atoms with Gasteiger partial charge in [0.15, 0.2) is 0 Å². The summed E-state index contributed by atoms with van der Waals surface area (Å²) in [4.78, 5) is 2.33. The third-order valence-electron chi connectivity index (χ3n) is 3.53. The molecular formula is C18H23Cl2NO. The summed E-state index contributed by atoms with van der Waals surface area (Å²) in [6.07, 6.45) is 2.12. The second-order valence-corrected chi connectivity index (χ2v) is 5.69. The minimum absolute atomic E-state index is 0. The van der Waals surface area contributed by atoms with Gasteiger partial charge in [0, 0.05) is 11.6 Å². The fourth-order valence-corrected chi connectivity index (χ4v) is 2.63. The van der Waals surface area contributed by atoms with E-state index in [9.17, 15) is 0 Å². The molecule has 22 heavy (non-hydrogen) atoms. The maximum Gasteiger partial charge on any atom is 0.119 e. The minimum Gasteiger partial charge on any atom is -0.497 e. The standard InChI is InChI=1S/C18H22ClNO.ClH/c1-20(14-15-7-5-10-17(13-15)21-2)12-6-9-16-8-3-4-11-18(16)19;/h3-5,7-8,10-11,13H,6,9,12,14H2,1-2H3;1H. The topological polar surface area (TPSA) is 12.5 Å². The zero-order valence-electron chi connectivity index (χ0n) is 13.1. The minimum atomic E-state index is 0. The first-order valence-electron chi connectivity index (χ1n) is 7.24. The van der Waals surface area contributed by atoms with E-state index in [1.54, 1.807) is 7.11 Å². The van der Waals surface area contributed by atoms with E-state index in [-0.39, 0.29) is 12.4 Å². The van der Waals surface area contributed by atoms with Crippen LogP contribution in [0.15, 0.2) is 48.5 Å². The van der Waals surface area contributed by atoms with Gasteiger partial charge in [0.05, 0.1) is 7.11 Å². The summed E-state index contributed by atoms with van der Waals surface area (Å²) < 4.78 is 5.26. The van der Waals surface area contributed by atoms with E-state index in [2.05, 4.69) is 30.1 Å². The van der Waals surface area contributed by atoms with Crippen molar-refractivity contribution in [2.45, 2.75) is 19.4 Å². The average molecular weight is 340 g/mol. The van der Waals surface area contributed by atoms with E-state index in [1.807, 2.05) is 30.3 Å². The average Bonchev–Trinajstić information content (AvgIpc) is 2.49. The Hall–Kier alpha value is -1.22. The maximum atomic E-state index is 6.18. The molecule has 2 aromatic rings. The van der Waals surface area contributed by atoms with Gasteiger partial charge >= 0.3 is 0 Å². The zero-order valence-corrected chi connectivity index (χ0v) is 14.7. The number of ether oxygens (including phenoxy) is 1. The number of hydrogen-bond donors (Lipinski definition) is 0. The van der Waals surface area contributed by atoms with Crippen LogP contribution in [-0.2, 0) is 13.0 Å². The summed E-state index contributed by atoms with van der Waals surface area (Å²) in [5.74, 6) is 0.914. The van der Waals surface area contributed by atoms with E-state index < -0.39 is 0 Å². The SMILES string of the molecule is COc1cccc(CN(C)CCCc2ccccc2Cl)c1.Cl. The second kappa shape index (κ2) is 9.73. The highest BCUT2D eigenvalue weighted by Gasteiger charge is 2.03. The van der Waals surface area contributed by atoms with Crippen LogP contribution in [0.1, 0.15) is 17.5 Å². The van der Waals surface area contributed by atoms with E-state index in [0.29, 0.717) is 0 Å². The number of halogens is 2. The van der Waals surface area contributed by atoms with Gasteiger partial charge in [-0.25, -0.2) is 0 Å². The first-order chi connectivity index (χ1) is 10.2. The number of methoxy groups -OCH3 is 1. The Morgan fingerprint density at radius 2 is 1.86 bits per heavy atom. The quantitative estimate of drug-likeness (QED) is 0.715. The highest BCUT2D eigenvalue weighted by atomic mass is 35.5. The Labute approximate surface area is 144 Å². The Bertz CT molecular complexity index is 575. The van der Waals surface area contributed by atoms with Gasteiger partial charge in [-0.15, -0.1) is 12.4 Å². The van der Waals surface area contributed by atoms with Crippen LogP contribution in [0.2, 0.25) is 5.02 Å². The predicted octanol–water partition coefficient (Wildman–Crippen LogP) is 4.84. The van der Waals surface area contributed by atoms with Crippen molar-refractivity contribution in [3.05, 3.63) is 64.7 Å². The first-order valence-corrected chi connectivity index (χ1v) is 7.61. The smallest absolute Gasteiger partial charge is 0.119 e. The van der Waals surface area contributed by atoms with Crippen molar-refractivity contribution in [3.63, 3.8) is 0 Å². The number of nitrogens with zero attached hydrogens (tertiary/aromatic N) is 1. The van der Waals surface area contributed by atoms with E-state index in [1.165, 1.54) is 11.1 Å². The van der Waals surface area contributed by atoms with Crippen molar-refractivity contribution in [1.82, 2.24) is 4.90 Å². The highest BCUT2D eigenvalue weighted by molar-refractivity contribution is 6.31. The lowest BCUT2D eigenvalue weighted by molar-refractivity contribution is 0.321. The molecule has 0 radical (unpaired) electrons. The lowest BCUT2D eigenvalue weighted by atomic mass is 10.1. The number of hydrogen-bond acceptors (Lipinski definition) is 2. The Morgan fingerprint density at radius 1 is 1.09 bits per heavy atom. The molecule has 0 N–H and O–H groups in total. The van der Waals surface area contributed by atoms with Crippen molar-refractivity contribution in [2.75, 3.05) is 20.7 Å². The molecule has 2 nitrogen and oxygen atoms in total. The lowest BCUT2D eigenvalue weighted by Gasteiger charge is -2.17. The lowest BCUT2D eigenvalue weighted by Crippen LogP contribution is -2.19. The van der Waals surface area contributed by atoms with Crippen LogP contribution in [-0.4, -0.2) is 25.6 Å². The number of benzene rings is 2. The van der Waals surface area contributed by atoms with E-state index >= 15 is 0 Å². The zero-order chi connectivity index (χ0) is 15.1. The van der Waals surface area contributed by atoms with Gasteiger partial charge in [-0.1, -0.05) is 41.9 Å². The van der Waals surface area contributed by atoms with Gasteiger partial charge in [-0.2, -0.15) is 0 Å². The highest BCUT2D eigenvalue weighted by Crippen LogP contribution is 2.17. The van der Waals surface area contributed by atoms with E-state index in [4.69, 9.17) is 16.3 Å². The monoisotopic (exact) mass is 339 g/mol. The van der Waals surface area contributed by atoms with E-state index in [0.717, 1.165) is 36.7 Å². The number of aryl methyl sites for hydroxylation is 1. The summed E-state index contributed by atoms with van der Waals surface area (Å²) in [5.41, 5.74) is 2.50. The van der Waals surface area contributed by atoms with Crippen LogP contribution in [0, 0.1) is 0 Å². The summed E-state index contributed by atoms with van der Waals surface area (Å²) in [6.45, 7) is 1.97. The Morgan fingerprint density at radius 3 is 2.59 bits per heavy atom. The summed E-state index contributed by atoms with van der Waals surface area (Å²) in [6, 6.07) is 16.3. The van der Waals surface area contributed by atoms with Gasteiger partial charge in [0.1, 0.15) is 5.75 Å². The molecule has 0 amide bonds. The summed E-state index contributed by atoms with van der Waals surface area (Å²) in [5, 5.41) is 0.868. The molecule has 0 aliphatic heterocycles. The van der Waals surface area contributed by atoms with Crippen LogP contribution < -0.4 is 4.74 Å². The van der Waals surface area contributed by atoms with Gasteiger partial charge in [0.2, 0.25) is 0 Å². The van der Waals surface area contributed by atoms with Crippen molar-refractivity contribution >= 4 is 24.0 Å². The Kier molecular flexibility index (Phi) is 8.32. The van der Waals surface area contributed by atoms with Crippen molar-refractivity contribution in [1.29, 1.82) is 0 Å². The molecule has 0 aliphatic rings. The van der Waals surface area contributed by atoms with Crippen LogP contribution in [0.3, 0.4) is 0 Å². The van der Waals surface area contributed by atoms with Crippen LogP contribution in [0.4, 0.5) is 0 Å². The summed E-state index contributed by atoms with van der Waals surface area (Å²) in [7, 11) is 3.85. The molecule has 2 aromatic carbocycles. The second-order valence-electron chi connectivity index (χ2n) is 5.28. The van der Waals surface area contributed by atoms with Crippen molar-refractivity contribution in [2.24, 2.45) is 0 Å². The molecule has 120 valence electrons. The molecular weight excluding hydrogens is 317 g/mol. The largest absolute Gasteiger partial charge is 0.497 e. The van der Waals surface area contributed by atoms with Gasteiger partial charge in [-0.05, 0) is 55.8 Å². The maximum absolute atomic E-state index is 6.18. The molecule has 0 spiro atoms. The molecule has 4 heteroatoms. The van der Waals surface area contributed by atoms with Gasteiger partial charge in [0.25, 0.3) is 0 Å². The molecule has 0 fully saturated rings. The van der Waals surface area contributed by atoms with Crippen molar-refractivity contribution in [3.8, 4) is 5.75 Å². The fraction of sp³-hybridized carbons (Fsp3) is 0.333. The number of rotatable bonds is 7. The predicted molar refractivity (Wildman–Crippen MR) is 96.3 cm³/mol. The third-order valence-corrected chi connectivity index (χ3v) is 3.90. The van der Waals surface area contributed by atoms with Gasteiger partial charge in [-0.3, -0.25) is 0 Å². The molecule has 0 aliphatic carbocycles. The molecule has 0 atom stereocenters. The molecule has 0 bridgehead atoms. The van der Waals surface area contributed by atoms with Crippen molar-refractivity contribution < 1.29 is 4.74 Å². The van der Waals surface area contributed by atoms with Gasteiger partial charge < -0.3 is 9.64 Å². The van der Waals surface area contributed by atoms with Crippen LogP contribution >= 0.6 is 24.0 Å². The molecule has 2 rings (SSSR count). The third kappa shape index (κ3) is 5.88. The molecule has 0 heterocycles. The van der Waals surface area contributed by atoms with Crippen LogP contribution in [0.5, 0.6) is 5.75 Å². The van der Waals surface area contributed by atoms with Crippen LogP contribution in [0.25, 0.3) is 0 Å². The first kappa shape index (κ1) is 18.8. The molecule has 0 aromatic heterocycles. The molecule has 0 saturated carbocycles.